The van der Waals surface area contributed by atoms with Crippen molar-refractivity contribution in [2.75, 3.05) is 5.32 Å². The van der Waals surface area contributed by atoms with Gasteiger partial charge in [0.25, 0.3) is 5.91 Å². The number of halogens is 4. The first kappa shape index (κ1) is 18.8. The number of rotatable bonds is 5. The van der Waals surface area contributed by atoms with E-state index in [0.717, 1.165) is 17.7 Å². The van der Waals surface area contributed by atoms with E-state index < -0.39 is 18.0 Å². The summed E-state index contributed by atoms with van der Waals surface area (Å²) in [6, 6.07) is 13.5. The molecule has 2 aromatic carbocycles. The molecule has 1 heterocycles. The maximum absolute atomic E-state index is 12.3. The number of carbonyl (C=O) groups is 1. The van der Waals surface area contributed by atoms with Gasteiger partial charge in [0.15, 0.2) is 0 Å². The lowest BCUT2D eigenvalue weighted by Crippen LogP contribution is -2.18. The van der Waals surface area contributed by atoms with Gasteiger partial charge in [-0.15, -0.1) is 13.2 Å². The van der Waals surface area contributed by atoms with Crippen LogP contribution in [0.3, 0.4) is 0 Å². The van der Waals surface area contributed by atoms with Crippen LogP contribution < -0.4 is 10.1 Å². The van der Waals surface area contributed by atoms with E-state index in [1.807, 2.05) is 12.1 Å². The summed E-state index contributed by atoms with van der Waals surface area (Å²) >= 11 is 5.96. The van der Waals surface area contributed by atoms with Gasteiger partial charge in [0.05, 0.1) is 12.7 Å². The van der Waals surface area contributed by atoms with Crippen LogP contribution in [0.2, 0.25) is 5.02 Å². The Morgan fingerprint density at radius 1 is 1.15 bits per heavy atom. The van der Waals surface area contributed by atoms with E-state index in [1.54, 1.807) is 22.9 Å². The average Bonchev–Trinajstić information content (AvgIpc) is 3.01. The number of benzene rings is 2. The van der Waals surface area contributed by atoms with E-state index >= 15 is 0 Å². The minimum absolute atomic E-state index is 0.181. The molecule has 0 aliphatic heterocycles. The van der Waals surface area contributed by atoms with Gasteiger partial charge in [-0.05, 0) is 42.0 Å². The molecule has 0 fully saturated rings. The van der Waals surface area contributed by atoms with Crippen molar-refractivity contribution in [2.45, 2.75) is 12.9 Å². The molecule has 0 saturated carbocycles. The molecule has 140 valence electrons. The highest BCUT2D eigenvalue weighted by atomic mass is 35.5. The lowest BCUT2D eigenvalue weighted by atomic mass is 10.2. The quantitative estimate of drug-likeness (QED) is 0.679. The van der Waals surface area contributed by atoms with Crippen molar-refractivity contribution in [1.29, 1.82) is 0 Å². The number of anilines is 1. The summed E-state index contributed by atoms with van der Waals surface area (Å²) in [5.74, 6) is -0.443. The van der Waals surface area contributed by atoms with Crippen LogP contribution in [0.15, 0.2) is 60.8 Å². The maximum atomic E-state index is 12.3. The minimum Gasteiger partial charge on any atom is -0.406 e. The third-order valence-corrected chi connectivity index (χ3v) is 3.76. The fourth-order valence-electron chi connectivity index (χ4n) is 2.37. The lowest BCUT2D eigenvalue weighted by molar-refractivity contribution is -0.274. The number of amides is 1. The first-order chi connectivity index (χ1) is 12.8. The molecule has 1 N–H and O–H groups in total. The Labute approximate surface area is 157 Å². The molecule has 0 bridgehead atoms. The summed E-state index contributed by atoms with van der Waals surface area (Å²) in [5.41, 5.74) is 1.08. The van der Waals surface area contributed by atoms with Crippen LogP contribution in [-0.4, -0.2) is 22.1 Å². The summed E-state index contributed by atoms with van der Waals surface area (Å²) in [5, 5.41) is 7.42. The van der Waals surface area contributed by atoms with Gasteiger partial charge in [0.2, 0.25) is 0 Å². The van der Waals surface area contributed by atoms with Gasteiger partial charge in [0, 0.05) is 16.7 Å². The fraction of sp³-hybridized carbons (Fsp3) is 0.111. The van der Waals surface area contributed by atoms with Crippen molar-refractivity contribution < 1.29 is 22.7 Å². The number of alkyl halides is 3. The molecule has 0 spiro atoms. The van der Waals surface area contributed by atoms with Gasteiger partial charge in [0.1, 0.15) is 11.6 Å². The number of nitrogens with zero attached hydrogens (tertiary/aromatic N) is 2. The van der Waals surface area contributed by atoms with Crippen LogP contribution in [0.1, 0.15) is 15.9 Å². The summed E-state index contributed by atoms with van der Waals surface area (Å²) < 4.78 is 41.9. The van der Waals surface area contributed by atoms with Crippen molar-refractivity contribution in [2.24, 2.45) is 0 Å². The van der Waals surface area contributed by atoms with Gasteiger partial charge >= 0.3 is 6.36 Å². The third-order valence-electron chi connectivity index (χ3n) is 3.53. The zero-order valence-electron chi connectivity index (χ0n) is 13.7. The summed E-state index contributed by atoms with van der Waals surface area (Å²) in [6.07, 6.45) is -3.25. The van der Waals surface area contributed by atoms with E-state index in [2.05, 4.69) is 15.2 Å². The SMILES string of the molecule is O=C(Nc1ccnn1Cc1cccc(Cl)c1)c1ccc(OC(F)(F)F)cc1. The second-order valence-electron chi connectivity index (χ2n) is 5.53. The smallest absolute Gasteiger partial charge is 0.406 e. The molecular weight excluding hydrogens is 383 g/mol. The normalized spacial score (nSPS) is 11.3. The van der Waals surface area contributed by atoms with E-state index in [4.69, 9.17) is 11.6 Å². The van der Waals surface area contributed by atoms with Crippen molar-refractivity contribution in [3.63, 3.8) is 0 Å². The van der Waals surface area contributed by atoms with Crippen LogP contribution in [0.4, 0.5) is 19.0 Å². The molecule has 0 unspecified atom stereocenters. The van der Waals surface area contributed by atoms with Gasteiger partial charge in [-0.25, -0.2) is 4.68 Å². The van der Waals surface area contributed by atoms with Gasteiger partial charge in [-0.1, -0.05) is 23.7 Å². The van der Waals surface area contributed by atoms with Gasteiger partial charge in [-0.2, -0.15) is 5.10 Å². The summed E-state index contributed by atoms with van der Waals surface area (Å²) in [6.45, 7) is 0.390. The lowest BCUT2D eigenvalue weighted by Gasteiger charge is -2.11. The Morgan fingerprint density at radius 3 is 2.56 bits per heavy atom. The number of aromatic nitrogens is 2. The van der Waals surface area contributed by atoms with E-state index in [9.17, 15) is 18.0 Å². The highest BCUT2D eigenvalue weighted by Gasteiger charge is 2.31. The van der Waals surface area contributed by atoms with E-state index in [-0.39, 0.29) is 5.56 Å². The van der Waals surface area contributed by atoms with Crippen LogP contribution in [0, 0.1) is 0 Å². The molecular formula is C18H13ClF3N3O2. The van der Waals surface area contributed by atoms with E-state index in [0.29, 0.717) is 17.4 Å². The number of carbonyl (C=O) groups excluding carboxylic acids is 1. The fourth-order valence-corrected chi connectivity index (χ4v) is 2.58. The van der Waals surface area contributed by atoms with Crippen LogP contribution >= 0.6 is 11.6 Å². The molecule has 0 radical (unpaired) electrons. The third kappa shape index (κ3) is 5.24. The Kier molecular flexibility index (Phi) is 5.36. The Hall–Kier alpha value is -3.00. The number of hydrogen-bond acceptors (Lipinski definition) is 3. The predicted molar refractivity (Wildman–Crippen MR) is 93.9 cm³/mol. The first-order valence-electron chi connectivity index (χ1n) is 7.73. The largest absolute Gasteiger partial charge is 0.573 e. The average molecular weight is 396 g/mol. The van der Waals surface area contributed by atoms with Gasteiger partial charge in [-0.3, -0.25) is 4.79 Å². The van der Waals surface area contributed by atoms with Crippen LogP contribution in [0.25, 0.3) is 0 Å². The Bertz CT molecular complexity index is 940. The molecule has 0 atom stereocenters. The van der Waals surface area contributed by atoms with Gasteiger partial charge < -0.3 is 10.1 Å². The molecule has 0 aliphatic carbocycles. The van der Waals surface area contributed by atoms with Crippen molar-refractivity contribution in [1.82, 2.24) is 9.78 Å². The van der Waals surface area contributed by atoms with Crippen LogP contribution in [-0.2, 0) is 6.54 Å². The number of hydrogen-bond donors (Lipinski definition) is 1. The molecule has 27 heavy (non-hydrogen) atoms. The molecule has 0 saturated heterocycles. The zero-order chi connectivity index (χ0) is 19.4. The molecule has 1 aromatic heterocycles. The van der Waals surface area contributed by atoms with Crippen molar-refractivity contribution in [3.8, 4) is 5.75 Å². The Morgan fingerprint density at radius 2 is 1.89 bits per heavy atom. The first-order valence-corrected chi connectivity index (χ1v) is 8.11. The number of nitrogens with one attached hydrogen (secondary N) is 1. The topological polar surface area (TPSA) is 56.2 Å². The van der Waals surface area contributed by atoms with Crippen LogP contribution in [0.5, 0.6) is 5.75 Å². The highest BCUT2D eigenvalue weighted by Crippen LogP contribution is 2.23. The second-order valence-corrected chi connectivity index (χ2v) is 5.97. The van der Waals surface area contributed by atoms with Crippen molar-refractivity contribution >= 4 is 23.3 Å². The molecule has 5 nitrogen and oxygen atoms in total. The Balaban J connectivity index is 1.69. The molecule has 1 amide bonds. The van der Waals surface area contributed by atoms with E-state index in [1.165, 1.54) is 18.3 Å². The second kappa shape index (κ2) is 7.71. The predicted octanol–water partition coefficient (Wildman–Crippen LogP) is 4.74. The molecule has 0 aliphatic rings. The monoisotopic (exact) mass is 395 g/mol. The highest BCUT2D eigenvalue weighted by molar-refractivity contribution is 6.30. The standard InChI is InChI=1S/C18H13ClF3N3O2/c19-14-3-1-2-12(10-14)11-25-16(8-9-23-25)24-17(26)13-4-6-15(7-5-13)27-18(20,21)22/h1-10H,11H2,(H,24,26). The molecule has 3 rings (SSSR count). The maximum Gasteiger partial charge on any atom is 0.573 e. The van der Waals surface area contributed by atoms with Crippen molar-refractivity contribution in [3.05, 3.63) is 76.9 Å². The summed E-state index contributed by atoms with van der Waals surface area (Å²) in [7, 11) is 0. The summed E-state index contributed by atoms with van der Waals surface area (Å²) in [4.78, 5) is 12.3. The molecule has 9 heteroatoms. The molecule has 3 aromatic rings. The zero-order valence-corrected chi connectivity index (χ0v) is 14.5. The number of ether oxygens (including phenoxy) is 1. The minimum atomic E-state index is -4.78.